The molecular weight excluding hydrogens is 136 g/mol. The number of aromatic hydroxyl groups is 1. The van der Waals surface area contributed by atoms with Gasteiger partial charge in [0.05, 0.1) is 0 Å². The van der Waals surface area contributed by atoms with Crippen molar-refractivity contribution in [3.05, 3.63) is 35.7 Å². The third kappa shape index (κ3) is 1.16. The van der Waals surface area contributed by atoms with Gasteiger partial charge in [-0.3, -0.25) is 0 Å². The maximum Gasteiger partial charge on any atom is 0.120 e. The maximum absolute atomic E-state index is 8.95. The van der Waals surface area contributed by atoms with Gasteiger partial charge in [-0.25, -0.2) is 0 Å². The monoisotopic (exact) mass is 141 g/mol. The normalized spacial score (nSPS) is 9.56. The van der Waals surface area contributed by atoms with E-state index in [0.717, 1.165) is 0 Å². The lowest BCUT2D eigenvalue weighted by Gasteiger charge is -1.97. The molecule has 1 radical (unpaired) electrons. The molecule has 0 fully saturated rings. The highest BCUT2D eigenvalue weighted by Gasteiger charge is 1.96. The molecule has 9 heavy (non-hydrogen) atoms. The number of hydrogen-bond acceptors (Lipinski definition) is 1. The molecule has 0 saturated carbocycles. The predicted molar refractivity (Wildman–Crippen MR) is 37.6 cm³/mol. The topological polar surface area (TPSA) is 20.2 Å². The molecule has 0 saturated heterocycles. The largest absolute Gasteiger partial charge is 0.508 e. The van der Waals surface area contributed by atoms with Gasteiger partial charge in [-0.1, -0.05) is 17.7 Å². The Labute approximate surface area is 58.9 Å². The summed E-state index contributed by atoms with van der Waals surface area (Å²) in [5, 5.41) is 9.45. The van der Waals surface area contributed by atoms with E-state index in [1.807, 2.05) is 0 Å². The second-order valence-electron chi connectivity index (χ2n) is 1.74. The highest BCUT2D eigenvalue weighted by Crippen LogP contribution is 2.22. The molecule has 0 aliphatic heterocycles. The molecule has 0 unspecified atom stereocenters. The predicted octanol–water partition coefficient (Wildman–Crippen LogP) is 2.23. The van der Waals surface area contributed by atoms with Crippen molar-refractivity contribution < 1.29 is 5.11 Å². The fourth-order valence-corrected chi connectivity index (χ4v) is 0.717. The minimum Gasteiger partial charge on any atom is -0.508 e. The molecule has 0 aliphatic carbocycles. The van der Waals surface area contributed by atoms with Crippen molar-refractivity contribution in [2.75, 3.05) is 0 Å². The first-order valence-electron chi connectivity index (χ1n) is 2.51. The Morgan fingerprint density at radius 3 is 2.56 bits per heavy atom. The van der Waals surface area contributed by atoms with Gasteiger partial charge >= 0.3 is 0 Å². The molecule has 0 aromatic heterocycles. The average Bonchev–Trinajstić information content (AvgIpc) is 1.83. The van der Waals surface area contributed by atoms with Crippen LogP contribution in [0.5, 0.6) is 5.75 Å². The first kappa shape index (κ1) is 6.43. The lowest BCUT2D eigenvalue weighted by atomic mass is 10.2. The van der Waals surface area contributed by atoms with Gasteiger partial charge in [0.2, 0.25) is 0 Å². The van der Waals surface area contributed by atoms with E-state index < -0.39 is 0 Å². The van der Waals surface area contributed by atoms with Crippen molar-refractivity contribution in [2.45, 2.75) is 0 Å². The van der Waals surface area contributed by atoms with Crippen molar-refractivity contribution >= 4 is 11.6 Å². The minimum atomic E-state index is 0.141. The summed E-state index contributed by atoms with van der Waals surface area (Å²) in [7, 11) is 0. The van der Waals surface area contributed by atoms with Crippen LogP contribution in [0, 0.1) is 6.92 Å². The third-order valence-corrected chi connectivity index (χ3v) is 1.45. The van der Waals surface area contributed by atoms with E-state index in [1.54, 1.807) is 18.2 Å². The van der Waals surface area contributed by atoms with Crippen LogP contribution in [0.2, 0.25) is 5.02 Å². The average molecular weight is 142 g/mol. The van der Waals surface area contributed by atoms with Crippen LogP contribution in [0.15, 0.2) is 18.2 Å². The molecule has 1 aromatic carbocycles. The van der Waals surface area contributed by atoms with Gasteiger partial charge in [-0.05, 0) is 19.1 Å². The van der Waals surface area contributed by atoms with Crippen molar-refractivity contribution in [1.29, 1.82) is 0 Å². The van der Waals surface area contributed by atoms with Crippen LogP contribution in [0.25, 0.3) is 0 Å². The highest BCUT2D eigenvalue weighted by atomic mass is 35.5. The van der Waals surface area contributed by atoms with Gasteiger partial charge in [0.15, 0.2) is 0 Å². The first-order chi connectivity index (χ1) is 4.22. The number of halogens is 1. The number of rotatable bonds is 0. The van der Waals surface area contributed by atoms with Crippen LogP contribution < -0.4 is 0 Å². The van der Waals surface area contributed by atoms with Gasteiger partial charge in [-0.2, -0.15) is 0 Å². The van der Waals surface area contributed by atoms with Crippen molar-refractivity contribution in [2.24, 2.45) is 0 Å². The van der Waals surface area contributed by atoms with E-state index in [1.165, 1.54) is 0 Å². The second kappa shape index (κ2) is 2.28. The van der Waals surface area contributed by atoms with Gasteiger partial charge in [0, 0.05) is 10.6 Å². The molecule has 0 amide bonds. The van der Waals surface area contributed by atoms with E-state index in [2.05, 4.69) is 6.92 Å². The summed E-state index contributed by atoms with van der Waals surface area (Å²) in [6.45, 7) is 3.54. The summed E-state index contributed by atoms with van der Waals surface area (Å²) in [4.78, 5) is 0. The Bertz CT molecular complexity index is 200. The molecule has 1 nitrogen and oxygen atoms in total. The Hall–Kier alpha value is -0.690. The number of phenols is 1. The zero-order valence-corrected chi connectivity index (χ0v) is 5.52. The second-order valence-corrected chi connectivity index (χ2v) is 2.14. The van der Waals surface area contributed by atoms with Crippen molar-refractivity contribution in [3.63, 3.8) is 0 Å². The van der Waals surface area contributed by atoms with Crippen LogP contribution in [0.1, 0.15) is 5.56 Å². The molecule has 0 bridgehead atoms. The number of hydrogen-bond donors (Lipinski definition) is 1. The zero-order valence-electron chi connectivity index (χ0n) is 4.76. The van der Waals surface area contributed by atoms with Crippen molar-refractivity contribution in [1.82, 2.24) is 0 Å². The Balaban J connectivity index is 3.25. The van der Waals surface area contributed by atoms with E-state index in [-0.39, 0.29) is 5.75 Å². The summed E-state index contributed by atoms with van der Waals surface area (Å²) in [5.41, 5.74) is 0.485. The Morgan fingerprint density at radius 2 is 2.11 bits per heavy atom. The van der Waals surface area contributed by atoms with Crippen LogP contribution >= 0.6 is 11.6 Å². The number of phenolic OH excluding ortho intramolecular Hbond substituents is 1. The van der Waals surface area contributed by atoms with Gasteiger partial charge < -0.3 is 5.11 Å². The Kier molecular flexibility index (Phi) is 1.63. The Morgan fingerprint density at radius 1 is 1.44 bits per heavy atom. The first-order valence-corrected chi connectivity index (χ1v) is 2.89. The van der Waals surface area contributed by atoms with E-state index in [0.29, 0.717) is 10.6 Å². The third-order valence-electron chi connectivity index (χ3n) is 1.09. The molecule has 1 aromatic rings. The standard InChI is InChI=1S/C7H6ClO/c1-5-6(8)3-2-4-7(5)9/h2-4,9H,1H2. The fraction of sp³-hybridized carbons (Fsp3) is 0. The summed E-state index contributed by atoms with van der Waals surface area (Å²) < 4.78 is 0. The molecule has 0 aliphatic rings. The summed E-state index contributed by atoms with van der Waals surface area (Å²) in [6, 6.07) is 4.91. The lowest BCUT2D eigenvalue weighted by Crippen LogP contribution is -1.73. The smallest absolute Gasteiger partial charge is 0.120 e. The molecule has 1 rings (SSSR count). The number of benzene rings is 1. The van der Waals surface area contributed by atoms with Gasteiger partial charge in [-0.15, -0.1) is 0 Å². The SMILES string of the molecule is [CH2]c1c(O)cccc1Cl. The molecule has 2 heteroatoms. The molecule has 0 spiro atoms. The van der Waals surface area contributed by atoms with Gasteiger partial charge in [0.1, 0.15) is 5.75 Å². The van der Waals surface area contributed by atoms with E-state index >= 15 is 0 Å². The zero-order chi connectivity index (χ0) is 6.85. The molecule has 0 heterocycles. The molecule has 1 N–H and O–H groups in total. The molecule has 0 atom stereocenters. The van der Waals surface area contributed by atoms with Gasteiger partial charge in [0.25, 0.3) is 0 Å². The van der Waals surface area contributed by atoms with Crippen LogP contribution in [0.3, 0.4) is 0 Å². The summed E-state index contributed by atoms with van der Waals surface area (Å²) in [6.07, 6.45) is 0. The maximum atomic E-state index is 8.95. The van der Waals surface area contributed by atoms with Crippen LogP contribution in [0.4, 0.5) is 0 Å². The summed E-state index contributed by atoms with van der Waals surface area (Å²) in [5.74, 6) is 0.141. The van der Waals surface area contributed by atoms with Crippen LogP contribution in [-0.4, -0.2) is 5.11 Å². The van der Waals surface area contributed by atoms with E-state index in [4.69, 9.17) is 16.7 Å². The fourth-order valence-electron chi connectivity index (χ4n) is 0.547. The van der Waals surface area contributed by atoms with Crippen LogP contribution in [-0.2, 0) is 0 Å². The quantitative estimate of drug-likeness (QED) is 0.588. The highest BCUT2D eigenvalue weighted by molar-refractivity contribution is 6.31. The van der Waals surface area contributed by atoms with E-state index in [9.17, 15) is 0 Å². The van der Waals surface area contributed by atoms with Crippen molar-refractivity contribution in [3.8, 4) is 5.75 Å². The minimum absolute atomic E-state index is 0.141. The lowest BCUT2D eigenvalue weighted by molar-refractivity contribution is 0.473. The molecular formula is C7H6ClO. The molecule has 47 valence electrons. The summed E-state index contributed by atoms with van der Waals surface area (Å²) >= 11 is 5.59.